The number of fused-ring (bicyclic) bond motifs is 4. The topological polar surface area (TPSA) is 90.8 Å². The number of pyridine rings is 1. The third-order valence-electron chi connectivity index (χ3n) is 6.97. The number of hydrogen-bond donors (Lipinski definition) is 3. The summed E-state index contributed by atoms with van der Waals surface area (Å²) in [5.41, 5.74) is 11.0. The van der Waals surface area contributed by atoms with Crippen molar-refractivity contribution in [3.8, 4) is 11.4 Å². The maximum Gasteiger partial charge on any atom is 0.261 e. The number of imidazole rings is 1. The summed E-state index contributed by atoms with van der Waals surface area (Å²) < 4.78 is 0.891. The highest BCUT2D eigenvalue weighted by molar-refractivity contribution is 7.17. The highest BCUT2D eigenvalue weighted by atomic mass is 32.1. The molecule has 2 atom stereocenters. The number of nitrogen functional groups attached to an aromatic ring is 1. The van der Waals surface area contributed by atoms with Gasteiger partial charge in [-0.25, -0.2) is 4.98 Å². The molecule has 5 heterocycles. The number of rotatable bonds is 2. The molecule has 0 amide bonds. The Balaban J connectivity index is 1.41. The van der Waals surface area contributed by atoms with E-state index in [2.05, 4.69) is 45.1 Å². The molecule has 0 radical (unpaired) electrons. The smallest absolute Gasteiger partial charge is 0.261 e. The van der Waals surface area contributed by atoms with E-state index in [1.807, 2.05) is 11.4 Å². The number of anilines is 1. The lowest BCUT2D eigenvalue weighted by Gasteiger charge is -2.36. The number of benzene rings is 1. The van der Waals surface area contributed by atoms with E-state index in [4.69, 9.17) is 5.73 Å². The van der Waals surface area contributed by atoms with Crippen LogP contribution in [0.4, 0.5) is 5.69 Å². The first-order valence-electron chi connectivity index (χ1n) is 10.2. The lowest BCUT2D eigenvalue weighted by atomic mass is 9.85. The monoisotopic (exact) mass is 405 g/mol. The molecule has 0 spiro atoms. The van der Waals surface area contributed by atoms with Gasteiger partial charge in [0.1, 0.15) is 11.4 Å². The molecule has 2 fully saturated rings. The molecule has 2 unspecified atom stereocenters. The largest absolute Gasteiger partial charge is 0.397 e. The van der Waals surface area contributed by atoms with E-state index in [-0.39, 0.29) is 5.56 Å². The van der Waals surface area contributed by atoms with Crippen molar-refractivity contribution in [1.82, 2.24) is 19.9 Å². The first-order valence-corrected chi connectivity index (χ1v) is 11.1. The van der Waals surface area contributed by atoms with E-state index in [1.165, 1.54) is 42.6 Å². The zero-order valence-electron chi connectivity index (χ0n) is 16.2. The van der Waals surface area contributed by atoms with E-state index in [0.29, 0.717) is 35.1 Å². The number of nitrogens with one attached hydrogen (secondary N) is 2. The Morgan fingerprint density at radius 3 is 2.72 bits per heavy atom. The second-order valence-electron chi connectivity index (χ2n) is 8.49. The Bertz CT molecular complexity index is 1290. The van der Waals surface area contributed by atoms with Crippen molar-refractivity contribution >= 4 is 38.3 Å². The molecule has 29 heavy (non-hydrogen) atoms. The van der Waals surface area contributed by atoms with Crippen LogP contribution in [0, 0.1) is 0 Å². The van der Waals surface area contributed by atoms with Crippen molar-refractivity contribution in [3.63, 3.8) is 0 Å². The van der Waals surface area contributed by atoms with Gasteiger partial charge in [0.25, 0.3) is 5.56 Å². The molecule has 4 N–H and O–H groups in total. The Morgan fingerprint density at radius 1 is 1.14 bits per heavy atom. The summed E-state index contributed by atoms with van der Waals surface area (Å²) in [5, 5.41) is 1.93. The SMILES string of the molecule is CN1C2CCC1CC(c1ccc3nc(-c4c(N)c5sccc5[nH]c4=O)[nH]c3c1)C2. The number of nitrogens with zero attached hydrogens (tertiary/aromatic N) is 2. The van der Waals surface area contributed by atoms with Crippen molar-refractivity contribution in [3.05, 3.63) is 45.6 Å². The van der Waals surface area contributed by atoms with E-state index in [0.717, 1.165) is 21.3 Å². The van der Waals surface area contributed by atoms with Crippen LogP contribution in [0.3, 0.4) is 0 Å². The maximum absolute atomic E-state index is 12.7. The second kappa shape index (κ2) is 6.18. The first kappa shape index (κ1) is 17.2. The van der Waals surface area contributed by atoms with Crippen LogP contribution in [0.5, 0.6) is 0 Å². The lowest BCUT2D eigenvalue weighted by molar-refractivity contribution is 0.162. The summed E-state index contributed by atoms with van der Waals surface area (Å²) in [6.07, 6.45) is 5.09. The van der Waals surface area contributed by atoms with Gasteiger partial charge in [0.15, 0.2) is 0 Å². The average molecular weight is 406 g/mol. The fourth-order valence-corrected chi connectivity index (χ4v) is 6.17. The summed E-state index contributed by atoms with van der Waals surface area (Å²) in [4.78, 5) is 26.2. The van der Waals surface area contributed by atoms with E-state index >= 15 is 0 Å². The Kier molecular flexibility index (Phi) is 3.67. The van der Waals surface area contributed by atoms with Crippen molar-refractivity contribution in [2.24, 2.45) is 0 Å². The predicted octanol–water partition coefficient (Wildman–Crippen LogP) is 4.06. The van der Waals surface area contributed by atoms with Crippen molar-refractivity contribution in [1.29, 1.82) is 0 Å². The van der Waals surface area contributed by atoms with Gasteiger partial charge in [0.05, 0.1) is 26.9 Å². The van der Waals surface area contributed by atoms with Gasteiger partial charge in [-0.3, -0.25) is 4.79 Å². The number of thiophene rings is 1. The van der Waals surface area contributed by atoms with E-state index in [1.54, 1.807) is 0 Å². The first-order chi connectivity index (χ1) is 14.1. The van der Waals surface area contributed by atoms with Crippen molar-refractivity contribution < 1.29 is 0 Å². The molecule has 6 nitrogen and oxygen atoms in total. The molecule has 3 aromatic heterocycles. The number of aromatic amines is 2. The van der Waals surface area contributed by atoms with Crippen LogP contribution in [-0.2, 0) is 0 Å². The molecule has 6 rings (SSSR count). The average Bonchev–Trinajstić information content (AvgIpc) is 3.37. The zero-order chi connectivity index (χ0) is 19.7. The second-order valence-corrected chi connectivity index (χ2v) is 9.40. The summed E-state index contributed by atoms with van der Waals surface area (Å²) >= 11 is 1.53. The van der Waals surface area contributed by atoms with Crippen molar-refractivity contribution in [2.75, 3.05) is 12.8 Å². The summed E-state index contributed by atoms with van der Waals surface area (Å²) in [6.45, 7) is 0. The summed E-state index contributed by atoms with van der Waals surface area (Å²) in [6, 6.07) is 9.79. The Labute approximate surface area is 171 Å². The molecular weight excluding hydrogens is 382 g/mol. The van der Waals surface area contributed by atoms with Gasteiger partial charge in [-0.05, 0) is 67.8 Å². The lowest BCUT2D eigenvalue weighted by Crippen LogP contribution is -2.39. The molecule has 2 saturated heterocycles. The molecule has 4 aromatic rings. The highest BCUT2D eigenvalue weighted by Gasteiger charge is 2.38. The number of H-pyrrole nitrogens is 2. The van der Waals surface area contributed by atoms with Gasteiger partial charge in [-0.1, -0.05) is 6.07 Å². The standard InChI is InChI=1S/C22H23N5OS/c1-27-13-3-4-14(27)9-12(8-13)11-2-5-15-17(10-11)25-21(24-15)18-19(23)20-16(6-7-29-20)26-22(18)28/h2,5-7,10,12-14H,3-4,8-9H2,1H3,(H,24,25)(H3,23,26,28). The van der Waals surface area contributed by atoms with Gasteiger partial charge in [-0.15, -0.1) is 11.3 Å². The molecule has 1 aromatic carbocycles. The number of aromatic nitrogens is 3. The normalized spacial score (nSPS) is 24.7. The maximum atomic E-state index is 12.7. The molecule has 7 heteroatoms. The van der Waals surface area contributed by atoms with Gasteiger partial charge in [-0.2, -0.15) is 0 Å². The number of hydrogen-bond acceptors (Lipinski definition) is 5. The molecule has 2 aliphatic heterocycles. The minimum Gasteiger partial charge on any atom is -0.397 e. The third-order valence-corrected chi connectivity index (χ3v) is 7.91. The molecule has 2 aliphatic rings. The quantitative estimate of drug-likeness (QED) is 0.469. The van der Waals surface area contributed by atoms with E-state index < -0.39 is 0 Å². The Morgan fingerprint density at radius 2 is 1.93 bits per heavy atom. The van der Waals surface area contributed by atoms with Crippen LogP contribution in [-0.4, -0.2) is 39.0 Å². The number of nitrogens with two attached hydrogens (primary N) is 1. The highest BCUT2D eigenvalue weighted by Crippen LogP contribution is 2.42. The van der Waals surface area contributed by atoms with Crippen LogP contribution >= 0.6 is 11.3 Å². The predicted molar refractivity (Wildman–Crippen MR) is 118 cm³/mol. The van der Waals surface area contributed by atoms with Crippen LogP contribution in [0.1, 0.15) is 37.2 Å². The van der Waals surface area contributed by atoms with Gasteiger partial charge in [0.2, 0.25) is 0 Å². The van der Waals surface area contributed by atoms with Gasteiger partial charge < -0.3 is 20.6 Å². The third kappa shape index (κ3) is 2.57. The molecule has 148 valence electrons. The Hall–Kier alpha value is -2.64. The van der Waals surface area contributed by atoms with Gasteiger partial charge >= 0.3 is 0 Å². The minimum absolute atomic E-state index is 0.209. The van der Waals surface area contributed by atoms with Crippen LogP contribution in [0.2, 0.25) is 0 Å². The number of piperidine rings is 1. The van der Waals surface area contributed by atoms with Crippen LogP contribution < -0.4 is 11.3 Å². The molecule has 0 saturated carbocycles. The van der Waals surface area contributed by atoms with Crippen molar-refractivity contribution in [2.45, 2.75) is 43.7 Å². The molecule has 2 bridgehead atoms. The fraction of sp³-hybridized carbons (Fsp3) is 0.364. The summed E-state index contributed by atoms with van der Waals surface area (Å²) in [7, 11) is 2.27. The van der Waals surface area contributed by atoms with E-state index in [9.17, 15) is 4.79 Å². The summed E-state index contributed by atoms with van der Waals surface area (Å²) in [5.74, 6) is 1.13. The molecule has 0 aliphatic carbocycles. The van der Waals surface area contributed by atoms with Gasteiger partial charge in [0, 0.05) is 12.1 Å². The van der Waals surface area contributed by atoms with Crippen LogP contribution in [0.25, 0.3) is 32.6 Å². The minimum atomic E-state index is -0.209. The molecular formula is C22H23N5OS. The zero-order valence-corrected chi connectivity index (χ0v) is 17.1. The fourth-order valence-electron chi connectivity index (χ4n) is 5.36. The van der Waals surface area contributed by atoms with Crippen LogP contribution in [0.15, 0.2) is 34.4 Å².